The fourth-order valence-electron chi connectivity index (χ4n) is 2.58. The topological polar surface area (TPSA) is 30.7 Å². The summed E-state index contributed by atoms with van der Waals surface area (Å²) in [5.41, 5.74) is 3.01. The average Bonchev–Trinajstić information content (AvgIpc) is 3.06. The molecule has 1 aliphatic carbocycles. The van der Waals surface area contributed by atoms with Gasteiger partial charge in [-0.25, -0.2) is 0 Å². The Hall–Kier alpha value is -1.85. The highest BCUT2D eigenvalue weighted by molar-refractivity contribution is 5.74. The van der Waals surface area contributed by atoms with E-state index < -0.39 is 12.7 Å². The van der Waals surface area contributed by atoms with Crippen LogP contribution in [0.1, 0.15) is 24.8 Å². The van der Waals surface area contributed by atoms with Crippen LogP contribution in [0.4, 0.5) is 13.2 Å². The quantitative estimate of drug-likeness (QED) is 0.804. The molecule has 0 N–H and O–H groups in total. The van der Waals surface area contributed by atoms with Gasteiger partial charge in [0.25, 0.3) is 0 Å². The Morgan fingerprint density at radius 3 is 2.80 bits per heavy atom. The van der Waals surface area contributed by atoms with Gasteiger partial charge >= 0.3 is 6.18 Å². The summed E-state index contributed by atoms with van der Waals surface area (Å²) in [6.45, 7) is 4.81. The molecule has 0 radical (unpaired) electrons. The van der Waals surface area contributed by atoms with E-state index in [2.05, 4.69) is 16.7 Å². The van der Waals surface area contributed by atoms with E-state index in [0.717, 1.165) is 22.2 Å². The van der Waals surface area contributed by atoms with E-state index in [1.54, 1.807) is 12.3 Å². The van der Waals surface area contributed by atoms with Crippen molar-refractivity contribution in [2.24, 2.45) is 5.92 Å². The largest absolute Gasteiger partial charge is 0.408 e. The molecule has 1 fully saturated rings. The van der Waals surface area contributed by atoms with Crippen LogP contribution in [0, 0.1) is 5.92 Å². The van der Waals surface area contributed by atoms with Crippen LogP contribution >= 0.6 is 0 Å². The summed E-state index contributed by atoms with van der Waals surface area (Å²) in [4.78, 5) is 4.21. The molecule has 2 heterocycles. The Bertz CT molecular complexity index is 672. The van der Waals surface area contributed by atoms with Gasteiger partial charge in [0, 0.05) is 6.20 Å². The smallest absolute Gasteiger partial charge is 0.254 e. The number of hydrogen-bond acceptors (Lipinski definition) is 2. The van der Waals surface area contributed by atoms with Crippen LogP contribution in [0.3, 0.4) is 0 Å². The van der Waals surface area contributed by atoms with Crippen LogP contribution in [0.2, 0.25) is 0 Å². The number of rotatable bonds is 3. The molecule has 3 rings (SSSR count). The van der Waals surface area contributed by atoms with Gasteiger partial charge in [-0.3, -0.25) is 9.67 Å². The van der Waals surface area contributed by atoms with Crippen LogP contribution < -0.4 is 0 Å². The molecule has 0 unspecified atom stereocenters. The van der Waals surface area contributed by atoms with Crippen molar-refractivity contribution in [1.82, 2.24) is 14.8 Å². The Labute approximate surface area is 114 Å². The summed E-state index contributed by atoms with van der Waals surface area (Å²) in [6.07, 6.45) is -0.186. The van der Waals surface area contributed by atoms with Crippen LogP contribution in [0.15, 0.2) is 30.6 Å². The van der Waals surface area contributed by atoms with Crippen LogP contribution in [0.25, 0.3) is 11.0 Å². The maximum absolute atomic E-state index is 12.5. The molecule has 0 amide bonds. The molecule has 2 aromatic rings. The number of pyridine rings is 1. The van der Waals surface area contributed by atoms with E-state index in [9.17, 15) is 13.2 Å². The fourth-order valence-corrected chi connectivity index (χ4v) is 2.58. The molecule has 106 valence electrons. The van der Waals surface area contributed by atoms with Gasteiger partial charge in [0.05, 0.1) is 11.7 Å². The highest BCUT2D eigenvalue weighted by atomic mass is 19.4. The van der Waals surface area contributed by atoms with Gasteiger partial charge in [-0.15, -0.1) is 0 Å². The standard InChI is InChI=1S/C14H14F3N3/c1-8(2)10-4-11(10)9-3-13-12(18-5-9)6-19-20(13)7-14(15,16)17/h3,5-6,10-11H,1,4,7H2,2H3/t10-,11-/m1/s1. The molecule has 0 aromatic carbocycles. The number of fused-ring (bicyclic) bond motifs is 1. The molecule has 6 heteroatoms. The Morgan fingerprint density at radius 2 is 2.20 bits per heavy atom. The summed E-state index contributed by atoms with van der Waals surface area (Å²) < 4.78 is 38.4. The average molecular weight is 281 g/mol. The molecule has 20 heavy (non-hydrogen) atoms. The first-order chi connectivity index (χ1) is 9.35. The zero-order chi connectivity index (χ0) is 14.5. The molecular formula is C14H14F3N3. The van der Waals surface area contributed by atoms with Gasteiger partial charge in [-0.1, -0.05) is 12.2 Å². The number of halogens is 3. The minimum absolute atomic E-state index is 0.332. The van der Waals surface area contributed by atoms with Crippen molar-refractivity contribution in [3.63, 3.8) is 0 Å². The van der Waals surface area contributed by atoms with E-state index in [0.29, 0.717) is 22.9 Å². The van der Waals surface area contributed by atoms with Crippen LogP contribution in [-0.4, -0.2) is 20.9 Å². The second kappa shape index (κ2) is 4.33. The lowest BCUT2D eigenvalue weighted by Crippen LogP contribution is -2.18. The van der Waals surface area contributed by atoms with Crippen molar-refractivity contribution < 1.29 is 13.2 Å². The van der Waals surface area contributed by atoms with Crippen LogP contribution in [-0.2, 0) is 6.54 Å². The first kappa shape index (κ1) is 13.1. The minimum Gasteiger partial charge on any atom is -0.254 e. The second-order valence-electron chi connectivity index (χ2n) is 5.39. The Balaban J connectivity index is 1.94. The van der Waals surface area contributed by atoms with Crippen molar-refractivity contribution in [2.75, 3.05) is 0 Å². The van der Waals surface area contributed by atoms with Gasteiger partial charge < -0.3 is 0 Å². The van der Waals surface area contributed by atoms with Crippen LogP contribution in [0.5, 0.6) is 0 Å². The molecular weight excluding hydrogens is 267 g/mol. The number of alkyl halides is 3. The van der Waals surface area contributed by atoms with Crippen molar-refractivity contribution >= 4 is 11.0 Å². The number of aromatic nitrogens is 3. The predicted molar refractivity (Wildman–Crippen MR) is 69.2 cm³/mol. The fraction of sp³-hybridized carbons (Fsp3) is 0.429. The number of allylic oxidation sites excluding steroid dienone is 1. The van der Waals surface area contributed by atoms with Crippen molar-refractivity contribution in [3.05, 3.63) is 36.2 Å². The highest BCUT2D eigenvalue weighted by Crippen LogP contribution is 2.51. The molecule has 0 spiro atoms. The van der Waals surface area contributed by atoms with Crippen molar-refractivity contribution in [1.29, 1.82) is 0 Å². The van der Waals surface area contributed by atoms with Gasteiger partial charge in [0.1, 0.15) is 12.1 Å². The van der Waals surface area contributed by atoms with Gasteiger partial charge in [0.2, 0.25) is 0 Å². The van der Waals surface area contributed by atoms with Gasteiger partial charge in [0.15, 0.2) is 0 Å². The van der Waals surface area contributed by atoms with Gasteiger partial charge in [-0.2, -0.15) is 18.3 Å². The molecule has 0 bridgehead atoms. The highest BCUT2D eigenvalue weighted by Gasteiger charge is 2.39. The summed E-state index contributed by atoms with van der Waals surface area (Å²) in [6, 6.07) is 1.77. The maximum atomic E-state index is 12.5. The SMILES string of the molecule is C=C(C)[C@H]1C[C@@H]1c1cnc2cnn(CC(F)(F)F)c2c1. The molecule has 2 aromatic heterocycles. The first-order valence-electron chi connectivity index (χ1n) is 6.39. The maximum Gasteiger partial charge on any atom is 0.408 e. The summed E-state index contributed by atoms with van der Waals surface area (Å²) in [5.74, 6) is 0.756. The van der Waals surface area contributed by atoms with E-state index in [1.165, 1.54) is 6.20 Å². The van der Waals surface area contributed by atoms with Gasteiger partial charge in [-0.05, 0) is 36.8 Å². The summed E-state index contributed by atoms with van der Waals surface area (Å²) in [7, 11) is 0. The summed E-state index contributed by atoms with van der Waals surface area (Å²) in [5, 5.41) is 3.77. The zero-order valence-corrected chi connectivity index (χ0v) is 11.0. The van der Waals surface area contributed by atoms with E-state index in [1.807, 2.05) is 6.92 Å². The Morgan fingerprint density at radius 1 is 1.45 bits per heavy atom. The molecule has 3 nitrogen and oxygen atoms in total. The summed E-state index contributed by atoms with van der Waals surface area (Å²) >= 11 is 0. The molecule has 2 atom stereocenters. The third-order valence-electron chi connectivity index (χ3n) is 3.70. The monoisotopic (exact) mass is 281 g/mol. The third-order valence-corrected chi connectivity index (χ3v) is 3.70. The molecule has 1 aliphatic rings. The van der Waals surface area contributed by atoms with Crippen molar-refractivity contribution in [2.45, 2.75) is 32.0 Å². The number of nitrogens with zero attached hydrogens (tertiary/aromatic N) is 3. The first-order valence-corrected chi connectivity index (χ1v) is 6.39. The van der Waals surface area contributed by atoms with E-state index in [4.69, 9.17) is 0 Å². The third kappa shape index (κ3) is 2.42. The molecule has 0 saturated heterocycles. The Kier molecular flexibility index (Phi) is 2.84. The lowest BCUT2D eigenvalue weighted by Gasteiger charge is -2.08. The van der Waals surface area contributed by atoms with E-state index in [-0.39, 0.29) is 0 Å². The minimum atomic E-state index is -4.28. The number of hydrogen-bond donors (Lipinski definition) is 0. The normalized spacial score (nSPS) is 22.2. The molecule has 1 saturated carbocycles. The van der Waals surface area contributed by atoms with E-state index >= 15 is 0 Å². The lowest BCUT2D eigenvalue weighted by molar-refractivity contribution is -0.141. The lowest BCUT2D eigenvalue weighted by atomic mass is 10.1. The van der Waals surface area contributed by atoms with Crippen molar-refractivity contribution in [3.8, 4) is 0 Å². The predicted octanol–water partition coefficient (Wildman–Crippen LogP) is 3.67. The zero-order valence-electron chi connectivity index (χ0n) is 11.0. The second-order valence-corrected chi connectivity index (χ2v) is 5.39. The molecule has 0 aliphatic heterocycles.